The number of hydrogen-bond acceptors (Lipinski definition) is 6. The molecule has 32 heavy (non-hydrogen) atoms. The first-order valence-electron chi connectivity index (χ1n) is 11.2. The van der Waals surface area contributed by atoms with Gasteiger partial charge in [0.25, 0.3) is 0 Å². The minimum atomic E-state index is -0.597. The van der Waals surface area contributed by atoms with Crippen LogP contribution in [-0.2, 0) is 16.0 Å². The number of Topliss-reactive ketones (excluding diaryl/α,β-unsaturated/α-hetero) is 1. The molecule has 0 amide bonds. The fourth-order valence-electron chi connectivity index (χ4n) is 4.10. The van der Waals surface area contributed by atoms with Gasteiger partial charge < -0.3 is 18.9 Å². The average Bonchev–Trinajstić information content (AvgIpc) is 3.48. The first-order chi connectivity index (χ1) is 15.4. The number of hydrogen-bond donors (Lipinski definition) is 0. The third kappa shape index (κ3) is 4.06. The summed E-state index contributed by atoms with van der Waals surface area (Å²) in [6, 6.07) is 9.55. The number of benzene rings is 2. The second-order valence-electron chi connectivity index (χ2n) is 8.63. The van der Waals surface area contributed by atoms with Gasteiger partial charge in [-0.2, -0.15) is 0 Å². The molecule has 1 atom stereocenters. The summed E-state index contributed by atoms with van der Waals surface area (Å²) in [7, 11) is 3.15. The number of carbonyl (C=O) groups excluding carboxylic acids is 2. The van der Waals surface area contributed by atoms with Gasteiger partial charge >= 0.3 is 5.97 Å². The van der Waals surface area contributed by atoms with Crippen LogP contribution in [0.25, 0.3) is 11.1 Å². The van der Waals surface area contributed by atoms with Gasteiger partial charge in [0.2, 0.25) is 5.75 Å². The Morgan fingerprint density at radius 3 is 2.41 bits per heavy atom. The Kier molecular flexibility index (Phi) is 6.13. The molecule has 2 aromatic carbocycles. The Bertz CT molecular complexity index is 1040. The normalized spacial score (nSPS) is 16.8. The summed E-state index contributed by atoms with van der Waals surface area (Å²) in [5.74, 6) is 1.40. The largest absolute Gasteiger partial charge is 0.493 e. The van der Waals surface area contributed by atoms with E-state index >= 15 is 0 Å². The molecule has 1 fully saturated rings. The summed E-state index contributed by atoms with van der Waals surface area (Å²) in [5, 5.41) is 0. The predicted molar refractivity (Wildman–Crippen MR) is 121 cm³/mol. The number of ketones is 1. The van der Waals surface area contributed by atoms with E-state index in [0.29, 0.717) is 30.1 Å². The highest BCUT2D eigenvalue weighted by atomic mass is 16.6. The summed E-state index contributed by atoms with van der Waals surface area (Å²) in [4.78, 5) is 24.6. The van der Waals surface area contributed by atoms with Crippen LogP contribution in [-0.4, -0.2) is 38.2 Å². The van der Waals surface area contributed by atoms with Gasteiger partial charge in [-0.25, -0.2) is 0 Å². The van der Waals surface area contributed by atoms with Crippen LogP contribution in [0, 0.1) is 5.92 Å². The molecule has 0 spiro atoms. The molecule has 170 valence electrons. The monoisotopic (exact) mass is 438 g/mol. The van der Waals surface area contributed by atoms with Gasteiger partial charge in [0.1, 0.15) is 12.2 Å². The molecule has 0 N–H and O–H groups in total. The van der Waals surface area contributed by atoms with Crippen LogP contribution in [0.2, 0.25) is 0 Å². The fourth-order valence-corrected chi connectivity index (χ4v) is 4.10. The number of esters is 1. The standard InChI is InChI=1S/C26H30O6/c1-5-16(2)25(28)32-26(13-14-26)15-31-23-20(10-12-22(29-3)24(23)30-4)17-7-6-8-19-18(17)9-11-21(19)27/h6-8,10,12,16H,5,9,11,13-15H2,1-4H3. The molecule has 0 saturated heterocycles. The Labute approximate surface area is 188 Å². The molecule has 4 rings (SSSR count). The van der Waals surface area contributed by atoms with Gasteiger partial charge in [0.15, 0.2) is 17.3 Å². The average molecular weight is 439 g/mol. The lowest BCUT2D eigenvalue weighted by Gasteiger charge is -2.23. The van der Waals surface area contributed by atoms with Gasteiger partial charge in [-0.3, -0.25) is 9.59 Å². The molecule has 1 unspecified atom stereocenters. The maximum Gasteiger partial charge on any atom is 0.309 e. The highest BCUT2D eigenvalue weighted by Crippen LogP contribution is 2.48. The van der Waals surface area contributed by atoms with Crippen molar-refractivity contribution in [2.45, 2.75) is 51.6 Å². The minimum Gasteiger partial charge on any atom is -0.493 e. The molecule has 0 radical (unpaired) electrons. The lowest BCUT2D eigenvalue weighted by molar-refractivity contribution is -0.157. The van der Waals surface area contributed by atoms with Crippen LogP contribution in [0.4, 0.5) is 0 Å². The van der Waals surface area contributed by atoms with Crippen LogP contribution in [0.3, 0.4) is 0 Å². The van der Waals surface area contributed by atoms with E-state index in [1.165, 1.54) is 0 Å². The number of carbonyl (C=O) groups is 2. The summed E-state index contributed by atoms with van der Waals surface area (Å²) >= 11 is 0. The van der Waals surface area contributed by atoms with E-state index in [4.69, 9.17) is 18.9 Å². The first-order valence-corrected chi connectivity index (χ1v) is 11.2. The second kappa shape index (κ2) is 8.85. The second-order valence-corrected chi connectivity index (χ2v) is 8.63. The van der Waals surface area contributed by atoms with Gasteiger partial charge in [0, 0.05) is 17.5 Å². The number of methoxy groups -OCH3 is 2. The summed E-state index contributed by atoms with van der Waals surface area (Å²) < 4.78 is 23.3. The number of rotatable bonds is 9. The Hall–Kier alpha value is -3.02. The molecular formula is C26H30O6. The molecule has 0 heterocycles. The van der Waals surface area contributed by atoms with Gasteiger partial charge in [-0.1, -0.05) is 32.0 Å². The molecule has 2 aliphatic carbocycles. The van der Waals surface area contributed by atoms with E-state index < -0.39 is 5.60 Å². The summed E-state index contributed by atoms with van der Waals surface area (Å²) in [6.45, 7) is 4.08. The predicted octanol–water partition coefficient (Wildman–Crippen LogP) is 5.00. The number of ether oxygens (including phenoxy) is 4. The van der Waals surface area contributed by atoms with Crippen molar-refractivity contribution in [1.82, 2.24) is 0 Å². The molecular weight excluding hydrogens is 408 g/mol. The molecule has 6 heteroatoms. The smallest absolute Gasteiger partial charge is 0.309 e. The Morgan fingerprint density at radius 2 is 1.75 bits per heavy atom. The third-order valence-corrected chi connectivity index (χ3v) is 6.49. The zero-order chi connectivity index (χ0) is 22.9. The quantitative estimate of drug-likeness (QED) is 0.513. The van der Waals surface area contributed by atoms with Crippen molar-refractivity contribution in [3.8, 4) is 28.4 Å². The van der Waals surface area contributed by atoms with Crippen molar-refractivity contribution in [3.05, 3.63) is 41.5 Å². The molecule has 2 aliphatic rings. The van der Waals surface area contributed by atoms with Crippen molar-refractivity contribution in [2.24, 2.45) is 5.92 Å². The third-order valence-electron chi connectivity index (χ3n) is 6.49. The van der Waals surface area contributed by atoms with Crippen LogP contribution in [0.1, 0.15) is 55.5 Å². The van der Waals surface area contributed by atoms with E-state index in [-0.39, 0.29) is 24.3 Å². The fraction of sp³-hybridized carbons (Fsp3) is 0.462. The van der Waals surface area contributed by atoms with E-state index in [0.717, 1.165) is 41.5 Å². The van der Waals surface area contributed by atoms with Crippen molar-refractivity contribution in [1.29, 1.82) is 0 Å². The van der Waals surface area contributed by atoms with E-state index in [2.05, 4.69) is 0 Å². The SMILES string of the molecule is CCC(C)C(=O)OC1(COc2c(-c3cccc4c3CCC4=O)ccc(OC)c2OC)CC1. The van der Waals surface area contributed by atoms with Crippen LogP contribution in [0.5, 0.6) is 17.2 Å². The van der Waals surface area contributed by atoms with Crippen molar-refractivity contribution >= 4 is 11.8 Å². The molecule has 2 aromatic rings. The maximum atomic E-state index is 12.4. The first kappa shape index (κ1) is 22.2. The van der Waals surface area contributed by atoms with Crippen molar-refractivity contribution < 1.29 is 28.5 Å². The van der Waals surface area contributed by atoms with Crippen molar-refractivity contribution in [3.63, 3.8) is 0 Å². The van der Waals surface area contributed by atoms with E-state index in [1.807, 2.05) is 44.2 Å². The maximum absolute atomic E-state index is 12.4. The summed E-state index contributed by atoms with van der Waals surface area (Å²) in [6.07, 6.45) is 3.50. The molecule has 0 aromatic heterocycles. The summed E-state index contributed by atoms with van der Waals surface area (Å²) in [5.41, 5.74) is 2.98. The lowest BCUT2D eigenvalue weighted by atomic mass is 9.95. The van der Waals surface area contributed by atoms with E-state index in [1.54, 1.807) is 14.2 Å². The van der Waals surface area contributed by atoms with Crippen molar-refractivity contribution in [2.75, 3.05) is 20.8 Å². The molecule has 1 saturated carbocycles. The lowest BCUT2D eigenvalue weighted by Crippen LogP contribution is -2.29. The van der Waals surface area contributed by atoms with Crippen LogP contribution in [0.15, 0.2) is 30.3 Å². The van der Waals surface area contributed by atoms with E-state index in [9.17, 15) is 9.59 Å². The molecule has 0 bridgehead atoms. The topological polar surface area (TPSA) is 71.1 Å². The zero-order valence-corrected chi connectivity index (χ0v) is 19.2. The zero-order valence-electron chi connectivity index (χ0n) is 19.2. The van der Waals surface area contributed by atoms with Crippen LogP contribution < -0.4 is 14.2 Å². The van der Waals surface area contributed by atoms with Crippen LogP contribution >= 0.6 is 0 Å². The number of fused-ring (bicyclic) bond motifs is 1. The Morgan fingerprint density at radius 1 is 1.00 bits per heavy atom. The highest BCUT2D eigenvalue weighted by molar-refractivity contribution is 6.02. The Balaban J connectivity index is 1.69. The minimum absolute atomic E-state index is 0.140. The highest BCUT2D eigenvalue weighted by Gasteiger charge is 2.48. The van der Waals surface area contributed by atoms with Gasteiger partial charge in [-0.05, 0) is 48.9 Å². The molecule has 0 aliphatic heterocycles. The molecule has 6 nitrogen and oxygen atoms in total. The van der Waals surface area contributed by atoms with Gasteiger partial charge in [-0.15, -0.1) is 0 Å². The van der Waals surface area contributed by atoms with Gasteiger partial charge in [0.05, 0.1) is 20.1 Å².